The van der Waals surface area contributed by atoms with Crippen LogP contribution in [0.25, 0.3) is 11.1 Å². The minimum atomic E-state index is -3.68. The Labute approximate surface area is 133 Å². The van der Waals surface area contributed by atoms with Gasteiger partial charge in [-0.3, -0.25) is 4.57 Å². The summed E-state index contributed by atoms with van der Waals surface area (Å²) in [4.78, 5) is 11.7. The first kappa shape index (κ1) is 15.5. The Bertz CT molecular complexity index is 988. The second-order valence-electron chi connectivity index (χ2n) is 5.05. The topological polar surface area (TPSA) is 81.3 Å². The monoisotopic (exact) mass is 332 g/mol. The Morgan fingerprint density at radius 2 is 1.87 bits per heavy atom. The average molecular weight is 332 g/mol. The molecule has 120 valence electrons. The molecule has 0 atom stereocenters. The molecular formula is C16H16N2O4S. The maximum atomic E-state index is 12.4. The Hall–Kier alpha value is -2.38. The molecule has 0 bridgehead atoms. The van der Waals surface area contributed by atoms with Crippen LogP contribution >= 0.6 is 0 Å². The molecule has 0 spiro atoms. The van der Waals surface area contributed by atoms with Gasteiger partial charge >= 0.3 is 5.76 Å². The summed E-state index contributed by atoms with van der Waals surface area (Å²) in [5.74, 6) is -0.491. The van der Waals surface area contributed by atoms with Crippen molar-refractivity contribution in [2.75, 3.05) is 0 Å². The van der Waals surface area contributed by atoms with Crippen LogP contribution in [0.5, 0.6) is 0 Å². The third kappa shape index (κ3) is 3.06. The number of rotatable bonds is 5. The SMILES string of the molecule is CCn1c(=O)oc2cc(S(=O)(=O)NCc3ccccc3)ccc21. The highest BCUT2D eigenvalue weighted by atomic mass is 32.2. The molecule has 0 amide bonds. The van der Waals surface area contributed by atoms with Crippen molar-refractivity contribution in [1.82, 2.24) is 9.29 Å². The molecule has 1 aromatic heterocycles. The van der Waals surface area contributed by atoms with E-state index >= 15 is 0 Å². The summed E-state index contributed by atoms with van der Waals surface area (Å²) in [5.41, 5.74) is 1.71. The lowest BCUT2D eigenvalue weighted by molar-refractivity contribution is 0.512. The van der Waals surface area contributed by atoms with Crippen molar-refractivity contribution in [3.63, 3.8) is 0 Å². The lowest BCUT2D eigenvalue weighted by atomic mass is 10.2. The number of oxazole rings is 1. The van der Waals surface area contributed by atoms with Crippen molar-refractivity contribution < 1.29 is 12.8 Å². The standard InChI is InChI=1S/C16H16N2O4S/c1-2-18-14-9-8-13(10-15(14)22-16(18)19)23(20,21)17-11-12-6-4-3-5-7-12/h3-10,17H,2,11H2,1H3. The normalized spacial score (nSPS) is 11.9. The number of nitrogens with one attached hydrogen (secondary N) is 1. The largest absolute Gasteiger partial charge is 0.419 e. The van der Waals surface area contributed by atoms with Crippen LogP contribution in [-0.4, -0.2) is 13.0 Å². The van der Waals surface area contributed by atoms with Crippen molar-refractivity contribution in [3.8, 4) is 0 Å². The van der Waals surface area contributed by atoms with Crippen LogP contribution in [0, 0.1) is 0 Å². The summed E-state index contributed by atoms with van der Waals surface area (Å²) in [6.45, 7) is 2.48. The number of fused-ring (bicyclic) bond motifs is 1. The number of benzene rings is 2. The van der Waals surface area contributed by atoms with E-state index in [2.05, 4.69) is 4.72 Å². The highest BCUT2D eigenvalue weighted by Crippen LogP contribution is 2.18. The van der Waals surface area contributed by atoms with Gasteiger partial charge in [-0.25, -0.2) is 17.9 Å². The molecule has 0 unspecified atom stereocenters. The van der Waals surface area contributed by atoms with E-state index in [0.29, 0.717) is 12.1 Å². The van der Waals surface area contributed by atoms with Crippen LogP contribution in [0.4, 0.5) is 0 Å². The molecule has 0 saturated heterocycles. The molecule has 1 N–H and O–H groups in total. The third-order valence-corrected chi connectivity index (χ3v) is 4.97. The predicted molar refractivity (Wildman–Crippen MR) is 86.6 cm³/mol. The Morgan fingerprint density at radius 3 is 2.57 bits per heavy atom. The summed E-state index contributed by atoms with van der Waals surface area (Å²) in [7, 11) is -3.68. The summed E-state index contributed by atoms with van der Waals surface area (Å²) in [6.07, 6.45) is 0. The van der Waals surface area contributed by atoms with Gasteiger partial charge in [-0.2, -0.15) is 0 Å². The molecule has 0 fully saturated rings. The first-order valence-electron chi connectivity index (χ1n) is 7.18. The van der Waals surface area contributed by atoms with Gasteiger partial charge < -0.3 is 4.42 Å². The molecule has 6 nitrogen and oxygen atoms in total. The summed E-state index contributed by atoms with van der Waals surface area (Å²) in [6, 6.07) is 13.7. The minimum absolute atomic E-state index is 0.0675. The predicted octanol–water partition coefficient (Wildman–Crippen LogP) is 2.09. The van der Waals surface area contributed by atoms with Gasteiger partial charge in [0.05, 0.1) is 10.4 Å². The zero-order valence-corrected chi connectivity index (χ0v) is 13.3. The van der Waals surface area contributed by atoms with E-state index in [-0.39, 0.29) is 17.0 Å². The van der Waals surface area contributed by atoms with Gasteiger partial charge in [-0.1, -0.05) is 30.3 Å². The maximum Gasteiger partial charge on any atom is 0.419 e. The number of nitrogens with zero attached hydrogens (tertiary/aromatic N) is 1. The van der Waals surface area contributed by atoms with Crippen LogP contribution in [0.3, 0.4) is 0 Å². The van der Waals surface area contributed by atoms with Crippen molar-refractivity contribution in [1.29, 1.82) is 0 Å². The minimum Gasteiger partial charge on any atom is -0.408 e. The highest BCUT2D eigenvalue weighted by molar-refractivity contribution is 7.89. The van der Waals surface area contributed by atoms with Crippen molar-refractivity contribution in [2.45, 2.75) is 24.9 Å². The molecule has 23 heavy (non-hydrogen) atoms. The molecule has 7 heteroatoms. The summed E-state index contributed by atoms with van der Waals surface area (Å²) in [5, 5.41) is 0. The van der Waals surface area contributed by atoms with Gasteiger partial charge in [-0.05, 0) is 24.6 Å². The van der Waals surface area contributed by atoms with Crippen LogP contribution in [-0.2, 0) is 23.1 Å². The van der Waals surface area contributed by atoms with E-state index in [9.17, 15) is 13.2 Å². The van der Waals surface area contributed by atoms with Crippen LogP contribution in [0.15, 0.2) is 62.6 Å². The molecule has 0 aliphatic carbocycles. The third-order valence-electron chi connectivity index (χ3n) is 3.58. The molecule has 1 heterocycles. The lowest BCUT2D eigenvalue weighted by Crippen LogP contribution is -2.23. The first-order chi connectivity index (χ1) is 11.0. The smallest absolute Gasteiger partial charge is 0.408 e. The van der Waals surface area contributed by atoms with E-state index in [1.54, 1.807) is 6.07 Å². The zero-order chi connectivity index (χ0) is 16.4. The summed E-state index contributed by atoms with van der Waals surface area (Å²) < 4.78 is 33.8. The molecule has 0 aliphatic rings. The van der Waals surface area contributed by atoms with Crippen molar-refractivity contribution in [3.05, 3.63) is 64.6 Å². The van der Waals surface area contributed by atoms with Crippen LogP contribution < -0.4 is 10.5 Å². The van der Waals surface area contributed by atoms with E-state index in [1.165, 1.54) is 16.7 Å². The van der Waals surface area contributed by atoms with Gasteiger partial charge in [0.25, 0.3) is 0 Å². The number of hydrogen-bond acceptors (Lipinski definition) is 4. The van der Waals surface area contributed by atoms with Gasteiger partial charge in [0.15, 0.2) is 5.58 Å². The molecular weight excluding hydrogens is 316 g/mol. The zero-order valence-electron chi connectivity index (χ0n) is 12.5. The molecule has 3 rings (SSSR count). The van der Waals surface area contributed by atoms with E-state index in [4.69, 9.17) is 4.42 Å². The highest BCUT2D eigenvalue weighted by Gasteiger charge is 2.17. The first-order valence-corrected chi connectivity index (χ1v) is 8.66. The number of aromatic nitrogens is 1. The molecule has 0 aliphatic heterocycles. The Kier molecular flexibility index (Phi) is 4.06. The molecule has 0 saturated carbocycles. The molecule has 3 aromatic rings. The Balaban J connectivity index is 1.91. The number of aryl methyl sites for hydroxylation is 1. The Morgan fingerprint density at radius 1 is 1.13 bits per heavy atom. The van der Waals surface area contributed by atoms with Crippen molar-refractivity contribution >= 4 is 21.1 Å². The second-order valence-corrected chi connectivity index (χ2v) is 6.82. The summed E-state index contributed by atoms with van der Waals surface area (Å²) >= 11 is 0. The van der Waals surface area contributed by atoms with Crippen LogP contribution in [0.1, 0.15) is 12.5 Å². The van der Waals surface area contributed by atoms with E-state index < -0.39 is 15.8 Å². The fraction of sp³-hybridized carbons (Fsp3) is 0.188. The fourth-order valence-electron chi connectivity index (χ4n) is 2.37. The quantitative estimate of drug-likeness (QED) is 0.776. The van der Waals surface area contributed by atoms with Crippen molar-refractivity contribution in [2.24, 2.45) is 0 Å². The van der Waals surface area contributed by atoms with Gasteiger partial charge in [0, 0.05) is 19.2 Å². The fourth-order valence-corrected chi connectivity index (χ4v) is 3.40. The number of sulfonamides is 1. The average Bonchev–Trinajstić information content (AvgIpc) is 2.88. The van der Waals surface area contributed by atoms with Gasteiger partial charge in [0.2, 0.25) is 10.0 Å². The number of hydrogen-bond donors (Lipinski definition) is 1. The molecule has 2 aromatic carbocycles. The van der Waals surface area contributed by atoms with E-state index in [1.807, 2.05) is 37.3 Å². The van der Waals surface area contributed by atoms with Gasteiger partial charge in [0.1, 0.15) is 0 Å². The lowest BCUT2D eigenvalue weighted by Gasteiger charge is -2.07. The van der Waals surface area contributed by atoms with Gasteiger partial charge in [-0.15, -0.1) is 0 Å². The molecule has 0 radical (unpaired) electrons. The second kappa shape index (κ2) is 6.02. The van der Waals surface area contributed by atoms with E-state index in [0.717, 1.165) is 5.56 Å². The van der Waals surface area contributed by atoms with Crippen LogP contribution in [0.2, 0.25) is 0 Å². The maximum absolute atomic E-state index is 12.4.